The van der Waals surface area contributed by atoms with Crippen LogP contribution in [0.4, 0.5) is 4.39 Å². The van der Waals surface area contributed by atoms with E-state index in [4.69, 9.17) is 4.74 Å². The summed E-state index contributed by atoms with van der Waals surface area (Å²) in [4.78, 5) is 31.1. The summed E-state index contributed by atoms with van der Waals surface area (Å²) >= 11 is 1.62. The van der Waals surface area contributed by atoms with Crippen LogP contribution in [0.3, 0.4) is 0 Å². The van der Waals surface area contributed by atoms with Crippen LogP contribution in [0.25, 0.3) is 0 Å². The van der Waals surface area contributed by atoms with E-state index in [0.717, 1.165) is 35.3 Å². The molecule has 39 heavy (non-hydrogen) atoms. The van der Waals surface area contributed by atoms with Gasteiger partial charge in [0.25, 0.3) is 0 Å². The number of carbonyl (C=O) groups is 2. The standard InChI is InChI=1S/C32H49FN2O3S/c1-4-5-6-7-8-9-10-11-12-13-14-15-31(36)34(21-22-38-3)26-32(37)35(25-30-27(2)20-23-39-30)24-28-16-18-29(33)19-17-28/h16-20,23H,4-15,21-22,24-26H2,1-3H3. The first-order valence-corrected chi connectivity index (χ1v) is 15.6. The van der Waals surface area contributed by atoms with Crippen molar-refractivity contribution in [3.63, 3.8) is 0 Å². The zero-order valence-electron chi connectivity index (χ0n) is 24.4. The largest absolute Gasteiger partial charge is 0.383 e. The number of thiophene rings is 1. The minimum absolute atomic E-state index is 0.00496. The third-order valence-electron chi connectivity index (χ3n) is 7.18. The molecule has 0 N–H and O–H groups in total. The lowest BCUT2D eigenvalue weighted by Gasteiger charge is -2.28. The Morgan fingerprint density at radius 2 is 1.44 bits per heavy atom. The van der Waals surface area contributed by atoms with Gasteiger partial charge in [0.15, 0.2) is 0 Å². The summed E-state index contributed by atoms with van der Waals surface area (Å²) in [6.07, 6.45) is 14.0. The lowest BCUT2D eigenvalue weighted by molar-refractivity contribution is -0.141. The number of benzene rings is 1. The molecule has 2 rings (SSSR count). The minimum atomic E-state index is -0.301. The molecular weight excluding hydrogens is 511 g/mol. The molecule has 1 heterocycles. The zero-order valence-corrected chi connectivity index (χ0v) is 25.2. The normalized spacial score (nSPS) is 11.1. The van der Waals surface area contributed by atoms with E-state index < -0.39 is 0 Å². The van der Waals surface area contributed by atoms with E-state index in [1.54, 1.807) is 40.4 Å². The van der Waals surface area contributed by atoms with Gasteiger partial charge < -0.3 is 14.5 Å². The van der Waals surface area contributed by atoms with Gasteiger partial charge in [-0.15, -0.1) is 11.3 Å². The minimum Gasteiger partial charge on any atom is -0.383 e. The zero-order chi connectivity index (χ0) is 28.3. The molecule has 0 spiro atoms. The number of carbonyl (C=O) groups excluding carboxylic acids is 2. The van der Waals surface area contributed by atoms with E-state index in [0.29, 0.717) is 32.7 Å². The van der Waals surface area contributed by atoms with Crippen molar-refractivity contribution in [2.75, 3.05) is 26.8 Å². The molecule has 0 saturated heterocycles. The summed E-state index contributed by atoms with van der Waals surface area (Å²) in [5, 5.41) is 2.02. The summed E-state index contributed by atoms with van der Waals surface area (Å²) in [6.45, 7) is 5.91. The van der Waals surface area contributed by atoms with Crippen molar-refractivity contribution in [3.05, 3.63) is 57.5 Å². The van der Waals surface area contributed by atoms with Gasteiger partial charge in [0.1, 0.15) is 5.82 Å². The lowest BCUT2D eigenvalue weighted by atomic mass is 10.1. The monoisotopic (exact) mass is 560 g/mol. The van der Waals surface area contributed by atoms with E-state index in [-0.39, 0.29) is 24.2 Å². The highest BCUT2D eigenvalue weighted by Gasteiger charge is 2.22. The molecular formula is C32H49FN2O3S. The molecule has 2 amide bonds. The lowest BCUT2D eigenvalue weighted by Crippen LogP contribution is -2.43. The molecule has 0 fully saturated rings. The quantitative estimate of drug-likeness (QED) is 0.146. The van der Waals surface area contributed by atoms with Crippen molar-refractivity contribution in [1.29, 1.82) is 0 Å². The maximum atomic E-state index is 13.5. The predicted molar refractivity (Wildman–Crippen MR) is 159 cm³/mol. The third-order valence-corrected chi connectivity index (χ3v) is 8.19. The predicted octanol–water partition coefficient (Wildman–Crippen LogP) is 7.90. The topological polar surface area (TPSA) is 49.9 Å². The number of methoxy groups -OCH3 is 1. The third kappa shape index (κ3) is 13.6. The fourth-order valence-electron chi connectivity index (χ4n) is 4.64. The molecule has 0 aliphatic heterocycles. The Balaban J connectivity index is 1.86. The fraction of sp³-hybridized carbons (Fsp3) is 0.625. The molecule has 0 aliphatic carbocycles. The molecule has 0 saturated carbocycles. The van der Waals surface area contributed by atoms with E-state index >= 15 is 0 Å². The van der Waals surface area contributed by atoms with E-state index in [1.807, 2.05) is 18.4 Å². The molecule has 0 bridgehead atoms. The maximum absolute atomic E-state index is 13.5. The van der Waals surface area contributed by atoms with Gasteiger partial charge in [0.2, 0.25) is 11.8 Å². The number of nitrogens with zero attached hydrogens (tertiary/aromatic N) is 2. The molecule has 0 radical (unpaired) electrons. The Morgan fingerprint density at radius 1 is 0.821 bits per heavy atom. The average molecular weight is 561 g/mol. The summed E-state index contributed by atoms with van der Waals surface area (Å²) in [5.41, 5.74) is 2.00. The van der Waals surface area contributed by atoms with Crippen LogP contribution >= 0.6 is 11.3 Å². The van der Waals surface area contributed by atoms with Crippen LogP contribution in [0, 0.1) is 12.7 Å². The van der Waals surface area contributed by atoms with Crippen molar-refractivity contribution in [3.8, 4) is 0 Å². The molecule has 0 unspecified atom stereocenters. The Labute approximate surface area is 239 Å². The van der Waals surface area contributed by atoms with Crippen molar-refractivity contribution < 1.29 is 18.7 Å². The van der Waals surface area contributed by atoms with Crippen LogP contribution in [0.2, 0.25) is 0 Å². The number of unbranched alkanes of at least 4 members (excludes halogenated alkanes) is 10. The molecule has 0 atom stereocenters. The number of ether oxygens (including phenoxy) is 1. The Morgan fingerprint density at radius 3 is 2.00 bits per heavy atom. The Kier molecular flexibility index (Phi) is 16.7. The molecule has 0 aliphatic rings. The molecule has 5 nitrogen and oxygen atoms in total. The summed E-state index contributed by atoms with van der Waals surface area (Å²) in [5.74, 6) is -0.412. The molecule has 218 valence electrons. The van der Waals surface area contributed by atoms with Crippen molar-refractivity contribution in [2.45, 2.75) is 104 Å². The smallest absolute Gasteiger partial charge is 0.242 e. The highest BCUT2D eigenvalue weighted by Crippen LogP contribution is 2.20. The molecule has 7 heteroatoms. The Bertz CT molecular complexity index is 947. The van der Waals surface area contributed by atoms with Crippen LogP contribution in [0.1, 0.15) is 100.0 Å². The molecule has 1 aromatic carbocycles. The van der Waals surface area contributed by atoms with E-state index in [2.05, 4.69) is 6.92 Å². The van der Waals surface area contributed by atoms with Crippen LogP contribution in [-0.2, 0) is 27.4 Å². The fourth-order valence-corrected chi connectivity index (χ4v) is 5.56. The highest BCUT2D eigenvalue weighted by atomic mass is 32.1. The second-order valence-corrected chi connectivity index (χ2v) is 11.5. The summed E-state index contributed by atoms with van der Waals surface area (Å²) in [7, 11) is 1.61. The van der Waals surface area contributed by atoms with Gasteiger partial charge in [0.05, 0.1) is 19.7 Å². The van der Waals surface area contributed by atoms with Gasteiger partial charge in [-0.3, -0.25) is 9.59 Å². The summed E-state index contributed by atoms with van der Waals surface area (Å²) in [6, 6.07) is 8.28. The van der Waals surface area contributed by atoms with Crippen molar-refractivity contribution in [1.82, 2.24) is 9.80 Å². The van der Waals surface area contributed by atoms with Gasteiger partial charge >= 0.3 is 0 Å². The number of rotatable bonds is 21. The SMILES string of the molecule is CCCCCCCCCCCCCC(=O)N(CCOC)CC(=O)N(Cc1ccc(F)cc1)Cc1sccc1C. The van der Waals surface area contributed by atoms with Gasteiger partial charge in [-0.2, -0.15) is 0 Å². The van der Waals surface area contributed by atoms with E-state index in [1.165, 1.54) is 63.5 Å². The molecule has 2 aromatic rings. The average Bonchev–Trinajstić information content (AvgIpc) is 3.34. The first-order chi connectivity index (χ1) is 18.9. The van der Waals surface area contributed by atoms with Crippen molar-refractivity contribution in [2.24, 2.45) is 0 Å². The van der Waals surface area contributed by atoms with Crippen LogP contribution < -0.4 is 0 Å². The Hall–Kier alpha value is -2.25. The van der Waals surface area contributed by atoms with Gasteiger partial charge in [-0.25, -0.2) is 4.39 Å². The number of aryl methyl sites for hydroxylation is 1. The van der Waals surface area contributed by atoms with Crippen LogP contribution in [0.15, 0.2) is 35.7 Å². The second kappa shape index (κ2) is 19.8. The maximum Gasteiger partial charge on any atom is 0.242 e. The number of hydrogen-bond donors (Lipinski definition) is 0. The highest BCUT2D eigenvalue weighted by molar-refractivity contribution is 7.10. The van der Waals surface area contributed by atoms with Crippen LogP contribution in [-0.4, -0.2) is 48.4 Å². The van der Waals surface area contributed by atoms with Gasteiger partial charge in [0, 0.05) is 31.5 Å². The number of amides is 2. The van der Waals surface area contributed by atoms with Gasteiger partial charge in [-0.1, -0.05) is 83.3 Å². The van der Waals surface area contributed by atoms with Crippen molar-refractivity contribution >= 4 is 23.2 Å². The number of halogens is 1. The van der Waals surface area contributed by atoms with Crippen LogP contribution in [0.5, 0.6) is 0 Å². The van der Waals surface area contributed by atoms with E-state index in [9.17, 15) is 14.0 Å². The summed E-state index contributed by atoms with van der Waals surface area (Å²) < 4.78 is 18.7. The second-order valence-electron chi connectivity index (χ2n) is 10.5. The van der Waals surface area contributed by atoms with Gasteiger partial charge in [-0.05, 0) is 48.1 Å². The molecule has 1 aromatic heterocycles. The first-order valence-electron chi connectivity index (χ1n) is 14.8. The first kappa shape index (κ1) is 33.0. The number of hydrogen-bond acceptors (Lipinski definition) is 4.